The smallest absolute Gasteiger partial charge is 0.227 e. The van der Waals surface area contributed by atoms with E-state index >= 15 is 0 Å². The number of aryl methyl sites for hydroxylation is 1. The van der Waals surface area contributed by atoms with Crippen molar-refractivity contribution < 1.29 is 18.1 Å². The number of halogens is 2. The third kappa shape index (κ3) is 4.30. The van der Waals surface area contributed by atoms with Crippen LogP contribution in [0.1, 0.15) is 17.9 Å². The molecule has 0 atom stereocenters. The molecule has 1 heterocycles. The summed E-state index contributed by atoms with van der Waals surface area (Å²) in [5, 5.41) is 3.84. The van der Waals surface area contributed by atoms with Gasteiger partial charge in [-0.15, -0.1) is 0 Å². The second-order valence-electron chi connectivity index (χ2n) is 5.86. The van der Waals surface area contributed by atoms with E-state index in [1.54, 1.807) is 37.4 Å². The van der Waals surface area contributed by atoms with E-state index in [1.165, 1.54) is 23.1 Å². The molecule has 0 aliphatic carbocycles. The number of benzene rings is 2. The molecule has 1 amide bonds. The Labute approximate surface area is 149 Å². The molecule has 0 fully saturated rings. The van der Waals surface area contributed by atoms with Crippen molar-refractivity contribution in [2.24, 2.45) is 0 Å². The summed E-state index contributed by atoms with van der Waals surface area (Å²) in [5.41, 5.74) is 1.09. The second-order valence-corrected chi connectivity index (χ2v) is 5.86. The average molecular weight is 357 g/mol. The summed E-state index contributed by atoms with van der Waals surface area (Å²) in [4.78, 5) is 17.9. The molecular formula is C19H17F2N3O2. The number of rotatable bonds is 6. The number of nitrogens with zero attached hydrogens (tertiary/aromatic N) is 3. The fourth-order valence-corrected chi connectivity index (χ4v) is 2.45. The first-order valence-electron chi connectivity index (χ1n) is 8.09. The number of amides is 1. The van der Waals surface area contributed by atoms with Crippen molar-refractivity contribution in [2.45, 2.75) is 19.4 Å². The number of aromatic nitrogens is 2. The van der Waals surface area contributed by atoms with Crippen molar-refractivity contribution in [1.29, 1.82) is 0 Å². The normalized spacial score (nSPS) is 10.7. The molecule has 0 spiro atoms. The van der Waals surface area contributed by atoms with E-state index in [0.717, 1.165) is 0 Å². The monoisotopic (exact) mass is 357 g/mol. The molecule has 0 N–H and O–H groups in total. The van der Waals surface area contributed by atoms with Crippen LogP contribution in [0, 0.1) is 11.6 Å². The van der Waals surface area contributed by atoms with Crippen molar-refractivity contribution in [2.75, 3.05) is 7.05 Å². The zero-order valence-corrected chi connectivity index (χ0v) is 14.2. The molecule has 3 rings (SSSR count). The summed E-state index contributed by atoms with van der Waals surface area (Å²) < 4.78 is 31.7. The Hall–Kier alpha value is -3.09. The van der Waals surface area contributed by atoms with Crippen LogP contribution in [0.3, 0.4) is 0 Å². The first-order chi connectivity index (χ1) is 12.5. The van der Waals surface area contributed by atoms with Crippen LogP contribution in [-0.2, 0) is 17.8 Å². The summed E-state index contributed by atoms with van der Waals surface area (Å²) in [5.74, 6) is -0.187. The lowest BCUT2D eigenvalue weighted by Gasteiger charge is -2.17. The Morgan fingerprint density at radius 2 is 1.85 bits per heavy atom. The van der Waals surface area contributed by atoms with Crippen molar-refractivity contribution in [3.8, 4) is 11.4 Å². The van der Waals surface area contributed by atoms with Gasteiger partial charge in [0.25, 0.3) is 0 Å². The van der Waals surface area contributed by atoms with E-state index in [1.807, 2.05) is 0 Å². The van der Waals surface area contributed by atoms with Gasteiger partial charge in [-0.1, -0.05) is 23.4 Å². The van der Waals surface area contributed by atoms with Gasteiger partial charge in [0, 0.05) is 37.6 Å². The van der Waals surface area contributed by atoms with E-state index < -0.39 is 0 Å². The van der Waals surface area contributed by atoms with Crippen LogP contribution in [0.25, 0.3) is 11.4 Å². The van der Waals surface area contributed by atoms with Crippen molar-refractivity contribution >= 4 is 5.91 Å². The van der Waals surface area contributed by atoms with E-state index in [9.17, 15) is 13.6 Å². The summed E-state index contributed by atoms with van der Waals surface area (Å²) in [6.45, 7) is 0.191. The van der Waals surface area contributed by atoms with E-state index in [2.05, 4.69) is 10.1 Å². The molecule has 5 nitrogen and oxygen atoms in total. The molecule has 3 aromatic rings. The summed E-state index contributed by atoms with van der Waals surface area (Å²) in [6, 6.07) is 12.1. The molecule has 0 bridgehead atoms. The Morgan fingerprint density at radius 3 is 2.58 bits per heavy atom. The lowest BCUT2D eigenvalue weighted by Crippen LogP contribution is -2.26. The highest BCUT2D eigenvalue weighted by Gasteiger charge is 2.14. The zero-order valence-electron chi connectivity index (χ0n) is 14.2. The predicted octanol–water partition coefficient (Wildman–Crippen LogP) is 3.61. The molecule has 134 valence electrons. The quantitative estimate of drug-likeness (QED) is 0.676. The van der Waals surface area contributed by atoms with Crippen LogP contribution < -0.4 is 0 Å². The highest BCUT2D eigenvalue weighted by molar-refractivity contribution is 5.76. The first kappa shape index (κ1) is 17.7. The van der Waals surface area contributed by atoms with Gasteiger partial charge < -0.3 is 9.42 Å². The van der Waals surface area contributed by atoms with Crippen LogP contribution in [0.5, 0.6) is 0 Å². The summed E-state index contributed by atoms with van der Waals surface area (Å²) >= 11 is 0. The Balaban J connectivity index is 1.56. The molecule has 0 radical (unpaired) electrons. The third-order valence-corrected chi connectivity index (χ3v) is 3.91. The van der Waals surface area contributed by atoms with Crippen LogP contribution in [-0.4, -0.2) is 28.0 Å². The third-order valence-electron chi connectivity index (χ3n) is 3.91. The fraction of sp³-hybridized carbons (Fsp3) is 0.211. The Morgan fingerprint density at radius 1 is 1.12 bits per heavy atom. The average Bonchev–Trinajstić information content (AvgIpc) is 3.11. The van der Waals surface area contributed by atoms with Gasteiger partial charge in [-0.05, 0) is 30.3 Å². The standard InChI is InChI=1S/C19H17F2N3O2/c1-24(12-14-4-2-3-5-16(14)21)18(25)11-10-17-22-19(23-26-17)13-6-8-15(20)9-7-13/h2-9H,10-12H2,1H3. The molecule has 0 saturated carbocycles. The van der Waals surface area contributed by atoms with Gasteiger partial charge in [-0.25, -0.2) is 8.78 Å². The molecule has 0 aliphatic rings. The second kappa shape index (κ2) is 7.86. The van der Waals surface area contributed by atoms with E-state index in [0.29, 0.717) is 22.8 Å². The Kier molecular flexibility index (Phi) is 5.36. The largest absolute Gasteiger partial charge is 0.341 e. The maximum absolute atomic E-state index is 13.7. The highest BCUT2D eigenvalue weighted by atomic mass is 19.1. The van der Waals surface area contributed by atoms with E-state index in [-0.39, 0.29) is 36.9 Å². The molecule has 7 heteroatoms. The zero-order chi connectivity index (χ0) is 18.5. The summed E-state index contributed by atoms with van der Waals surface area (Å²) in [6.07, 6.45) is 0.435. The number of carbonyl (C=O) groups is 1. The van der Waals surface area contributed by atoms with Gasteiger partial charge in [-0.2, -0.15) is 4.98 Å². The van der Waals surface area contributed by atoms with Gasteiger partial charge in [0.15, 0.2) is 0 Å². The SMILES string of the molecule is CN(Cc1ccccc1F)C(=O)CCc1nc(-c2ccc(F)cc2)no1. The van der Waals surface area contributed by atoms with Crippen molar-refractivity contribution in [3.05, 3.63) is 71.6 Å². The molecule has 0 aliphatic heterocycles. The minimum atomic E-state index is -0.346. The lowest BCUT2D eigenvalue weighted by molar-refractivity contribution is -0.130. The van der Waals surface area contributed by atoms with Crippen LogP contribution in [0.2, 0.25) is 0 Å². The topological polar surface area (TPSA) is 59.2 Å². The van der Waals surface area contributed by atoms with Gasteiger partial charge in [0.1, 0.15) is 11.6 Å². The molecule has 2 aromatic carbocycles. The molecule has 26 heavy (non-hydrogen) atoms. The number of hydrogen-bond acceptors (Lipinski definition) is 4. The van der Waals surface area contributed by atoms with Gasteiger partial charge in [0.05, 0.1) is 0 Å². The maximum Gasteiger partial charge on any atom is 0.227 e. The van der Waals surface area contributed by atoms with Crippen LogP contribution >= 0.6 is 0 Å². The van der Waals surface area contributed by atoms with Crippen LogP contribution in [0.4, 0.5) is 8.78 Å². The van der Waals surface area contributed by atoms with E-state index in [4.69, 9.17) is 4.52 Å². The molecular weight excluding hydrogens is 340 g/mol. The Bertz CT molecular complexity index is 894. The highest BCUT2D eigenvalue weighted by Crippen LogP contribution is 2.17. The predicted molar refractivity (Wildman–Crippen MR) is 90.9 cm³/mol. The molecule has 0 saturated heterocycles. The number of carbonyl (C=O) groups excluding carboxylic acids is 1. The van der Waals surface area contributed by atoms with Gasteiger partial charge in [-0.3, -0.25) is 4.79 Å². The van der Waals surface area contributed by atoms with Crippen molar-refractivity contribution in [1.82, 2.24) is 15.0 Å². The minimum absolute atomic E-state index is 0.158. The van der Waals surface area contributed by atoms with Gasteiger partial charge >= 0.3 is 0 Å². The van der Waals surface area contributed by atoms with Crippen LogP contribution in [0.15, 0.2) is 53.1 Å². The van der Waals surface area contributed by atoms with Crippen molar-refractivity contribution in [3.63, 3.8) is 0 Å². The maximum atomic E-state index is 13.7. The molecule has 0 unspecified atom stereocenters. The summed E-state index contributed by atoms with van der Waals surface area (Å²) in [7, 11) is 1.62. The molecule has 1 aromatic heterocycles. The fourth-order valence-electron chi connectivity index (χ4n) is 2.45. The lowest BCUT2D eigenvalue weighted by atomic mass is 10.2. The minimum Gasteiger partial charge on any atom is -0.341 e. The first-order valence-corrected chi connectivity index (χ1v) is 8.09. The number of hydrogen-bond donors (Lipinski definition) is 0. The van der Waals surface area contributed by atoms with Gasteiger partial charge in [0.2, 0.25) is 17.6 Å².